The summed E-state index contributed by atoms with van der Waals surface area (Å²) in [5.41, 5.74) is 5.23. The van der Waals surface area contributed by atoms with Gasteiger partial charge in [0.2, 0.25) is 11.8 Å². The highest BCUT2D eigenvalue weighted by molar-refractivity contribution is 5.80. The van der Waals surface area contributed by atoms with Crippen molar-refractivity contribution in [3.05, 3.63) is 0 Å². The lowest BCUT2D eigenvalue weighted by molar-refractivity contribution is -0.132. The van der Waals surface area contributed by atoms with Gasteiger partial charge in [-0.2, -0.15) is 0 Å². The highest BCUT2D eigenvalue weighted by Crippen LogP contribution is 2.02. The van der Waals surface area contributed by atoms with Gasteiger partial charge >= 0.3 is 0 Å². The molecule has 0 bridgehead atoms. The number of nitrogens with one attached hydrogen (secondary N) is 1. The standard InChI is InChI=1S/C13H26N4O2/c1-11(2)8-16(9-12(14)18)10-13(19)17-6-3-4-15-5-7-17/h11,15H,3-10H2,1-2H3,(H2,14,18). The van der Waals surface area contributed by atoms with E-state index in [1.54, 1.807) is 0 Å². The molecule has 1 aliphatic heterocycles. The van der Waals surface area contributed by atoms with Gasteiger partial charge < -0.3 is 16.0 Å². The second-order valence-corrected chi connectivity index (χ2v) is 5.51. The zero-order valence-electron chi connectivity index (χ0n) is 12.0. The minimum atomic E-state index is -0.383. The second-order valence-electron chi connectivity index (χ2n) is 5.51. The molecule has 0 aromatic heterocycles. The van der Waals surface area contributed by atoms with Crippen LogP contribution in [0, 0.1) is 5.92 Å². The van der Waals surface area contributed by atoms with Crippen LogP contribution < -0.4 is 11.1 Å². The third kappa shape index (κ3) is 6.54. The summed E-state index contributed by atoms with van der Waals surface area (Å²) < 4.78 is 0. The van der Waals surface area contributed by atoms with Gasteiger partial charge in [-0.05, 0) is 18.9 Å². The maximum Gasteiger partial charge on any atom is 0.236 e. The first-order chi connectivity index (χ1) is 8.99. The average Bonchev–Trinajstić information content (AvgIpc) is 2.55. The molecule has 1 rings (SSSR count). The molecule has 0 aliphatic carbocycles. The van der Waals surface area contributed by atoms with Crippen molar-refractivity contribution >= 4 is 11.8 Å². The highest BCUT2D eigenvalue weighted by Gasteiger charge is 2.19. The van der Waals surface area contributed by atoms with E-state index in [2.05, 4.69) is 19.2 Å². The van der Waals surface area contributed by atoms with E-state index in [1.165, 1.54) is 0 Å². The lowest BCUT2D eigenvalue weighted by Gasteiger charge is -2.26. The summed E-state index contributed by atoms with van der Waals surface area (Å²) in [5.74, 6) is 0.106. The van der Waals surface area contributed by atoms with Crippen LogP contribution in [0.25, 0.3) is 0 Å². The number of rotatable bonds is 6. The maximum absolute atomic E-state index is 12.2. The Labute approximate surface area is 115 Å². The maximum atomic E-state index is 12.2. The smallest absolute Gasteiger partial charge is 0.236 e. The highest BCUT2D eigenvalue weighted by atomic mass is 16.2. The molecule has 3 N–H and O–H groups in total. The number of hydrogen-bond donors (Lipinski definition) is 2. The predicted octanol–water partition coefficient (Wildman–Crippen LogP) is -0.748. The zero-order chi connectivity index (χ0) is 14.3. The van der Waals surface area contributed by atoms with Crippen molar-refractivity contribution in [2.45, 2.75) is 20.3 Å². The van der Waals surface area contributed by atoms with Crippen molar-refractivity contribution in [1.82, 2.24) is 15.1 Å². The van der Waals surface area contributed by atoms with Crippen molar-refractivity contribution < 1.29 is 9.59 Å². The van der Waals surface area contributed by atoms with Crippen LogP contribution in [0.4, 0.5) is 0 Å². The number of carbonyl (C=O) groups is 2. The molecular formula is C13H26N4O2. The van der Waals surface area contributed by atoms with Crippen LogP contribution in [0.2, 0.25) is 0 Å². The minimum Gasteiger partial charge on any atom is -0.369 e. The Bertz CT molecular complexity index is 299. The fraction of sp³-hybridized carbons (Fsp3) is 0.846. The van der Waals surface area contributed by atoms with Crippen LogP contribution in [0.1, 0.15) is 20.3 Å². The van der Waals surface area contributed by atoms with E-state index >= 15 is 0 Å². The van der Waals surface area contributed by atoms with E-state index in [0.29, 0.717) is 12.5 Å². The van der Waals surface area contributed by atoms with Crippen molar-refractivity contribution in [3.8, 4) is 0 Å². The Hall–Kier alpha value is -1.14. The van der Waals surface area contributed by atoms with E-state index in [9.17, 15) is 9.59 Å². The first kappa shape index (κ1) is 15.9. The molecule has 0 saturated carbocycles. The number of primary amides is 1. The Morgan fingerprint density at radius 1 is 1.26 bits per heavy atom. The molecule has 0 radical (unpaired) electrons. The molecule has 1 fully saturated rings. The van der Waals surface area contributed by atoms with Gasteiger partial charge in [0.25, 0.3) is 0 Å². The molecule has 1 saturated heterocycles. The fourth-order valence-corrected chi connectivity index (χ4v) is 2.31. The third-order valence-electron chi connectivity index (χ3n) is 3.05. The van der Waals surface area contributed by atoms with Crippen LogP contribution in [0.3, 0.4) is 0 Å². The van der Waals surface area contributed by atoms with Crippen LogP contribution in [0.15, 0.2) is 0 Å². The molecule has 0 aromatic carbocycles. The monoisotopic (exact) mass is 270 g/mol. The Morgan fingerprint density at radius 3 is 2.63 bits per heavy atom. The summed E-state index contributed by atoms with van der Waals surface area (Å²) in [6, 6.07) is 0. The van der Waals surface area contributed by atoms with Gasteiger partial charge in [0.1, 0.15) is 0 Å². The van der Waals surface area contributed by atoms with E-state index < -0.39 is 0 Å². The van der Waals surface area contributed by atoms with Gasteiger partial charge in [0.05, 0.1) is 13.1 Å². The quantitative estimate of drug-likeness (QED) is 0.666. The van der Waals surface area contributed by atoms with Crippen LogP contribution >= 0.6 is 0 Å². The van der Waals surface area contributed by atoms with Gasteiger partial charge in [-0.25, -0.2) is 0 Å². The summed E-state index contributed by atoms with van der Waals surface area (Å²) >= 11 is 0. The van der Waals surface area contributed by atoms with Gasteiger partial charge in [0, 0.05) is 26.2 Å². The molecule has 6 nitrogen and oxygen atoms in total. The van der Waals surface area contributed by atoms with E-state index in [0.717, 1.165) is 32.6 Å². The molecule has 110 valence electrons. The SMILES string of the molecule is CC(C)CN(CC(N)=O)CC(=O)N1CCCNCC1. The van der Waals surface area contributed by atoms with Gasteiger partial charge in [-0.1, -0.05) is 13.8 Å². The molecule has 0 aromatic rings. The molecule has 1 aliphatic rings. The normalized spacial score (nSPS) is 16.7. The van der Waals surface area contributed by atoms with E-state index in [-0.39, 0.29) is 24.9 Å². The van der Waals surface area contributed by atoms with Crippen LogP contribution in [-0.4, -0.2) is 67.4 Å². The number of hydrogen-bond acceptors (Lipinski definition) is 4. The first-order valence-corrected chi connectivity index (χ1v) is 6.98. The van der Waals surface area contributed by atoms with Gasteiger partial charge in [0.15, 0.2) is 0 Å². The summed E-state index contributed by atoms with van der Waals surface area (Å²) in [4.78, 5) is 27.0. The van der Waals surface area contributed by atoms with Gasteiger partial charge in [-0.15, -0.1) is 0 Å². The molecular weight excluding hydrogens is 244 g/mol. The number of nitrogens with two attached hydrogens (primary N) is 1. The van der Waals surface area contributed by atoms with Crippen LogP contribution in [0.5, 0.6) is 0 Å². The Kier molecular flexibility index (Phi) is 6.80. The summed E-state index contributed by atoms with van der Waals surface area (Å²) in [5, 5.41) is 3.27. The molecule has 0 unspecified atom stereocenters. The Balaban J connectivity index is 2.50. The summed E-state index contributed by atoms with van der Waals surface area (Å²) in [6.45, 7) is 8.59. The molecule has 0 spiro atoms. The number of nitrogens with zero attached hydrogens (tertiary/aromatic N) is 2. The van der Waals surface area contributed by atoms with Crippen LogP contribution in [-0.2, 0) is 9.59 Å². The molecule has 6 heteroatoms. The molecule has 1 heterocycles. The topological polar surface area (TPSA) is 78.7 Å². The van der Waals surface area contributed by atoms with Crippen molar-refractivity contribution in [2.24, 2.45) is 11.7 Å². The van der Waals surface area contributed by atoms with Crippen molar-refractivity contribution in [1.29, 1.82) is 0 Å². The molecule has 0 atom stereocenters. The molecule has 19 heavy (non-hydrogen) atoms. The predicted molar refractivity (Wildman–Crippen MR) is 74.5 cm³/mol. The Morgan fingerprint density at radius 2 is 2.00 bits per heavy atom. The summed E-state index contributed by atoms with van der Waals surface area (Å²) in [7, 11) is 0. The molecule has 2 amide bonds. The van der Waals surface area contributed by atoms with Crippen molar-refractivity contribution in [2.75, 3.05) is 45.8 Å². The van der Waals surface area contributed by atoms with Crippen molar-refractivity contribution in [3.63, 3.8) is 0 Å². The zero-order valence-corrected chi connectivity index (χ0v) is 12.0. The lowest BCUT2D eigenvalue weighted by Crippen LogP contribution is -2.45. The lowest BCUT2D eigenvalue weighted by atomic mass is 10.2. The van der Waals surface area contributed by atoms with E-state index in [4.69, 9.17) is 5.73 Å². The van der Waals surface area contributed by atoms with E-state index in [1.807, 2.05) is 9.80 Å². The largest absolute Gasteiger partial charge is 0.369 e. The number of carbonyl (C=O) groups excluding carboxylic acids is 2. The minimum absolute atomic E-state index is 0.0885. The third-order valence-corrected chi connectivity index (χ3v) is 3.05. The average molecular weight is 270 g/mol. The first-order valence-electron chi connectivity index (χ1n) is 6.98. The summed E-state index contributed by atoms with van der Waals surface area (Å²) in [6.07, 6.45) is 0.978. The van der Waals surface area contributed by atoms with Gasteiger partial charge in [-0.3, -0.25) is 14.5 Å². The second kappa shape index (κ2) is 8.12. The fourth-order valence-electron chi connectivity index (χ4n) is 2.31. The number of amides is 2.